The van der Waals surface area contributed by atoms with Crippen molar-refractivity contribution in [1.82, 2.24) is 0 Å². The molecule has 3 aromatic carbocycles. The molecule has 5 nitrogen and oxygen atoms in total. The normalized spacial score (nSPS) is 10.3. The van der Waals surface area contributed by atoms with Crippen molar-refractivity contribution in [3.63, 3.8) is 0 Å². The molecule has 0 atom stereocenters. The highest BCUT2D eigenvalue weighted by atomic mass is 16.5. The largest absolute Gasteiger partial charge is 0.457 e. The minimum absolute atomic E-state index is 0.184. The molecule has 0 aliphatic carbocycles. The number of aryl methyl sites for hydroxylation is 1. The van der Waals surface area contributed by atoms with Gasteiger partial charge in [-0.15, -0.1) is 0 Å². The number of benzene rings is 3. The number of ether oxygens (including phenoxy) is 1. The second kappa shape index (κ2) is 8.19. The molecular weight excluding hydrogens is 340 g/mol. The van der Waals surface area contributed by atoms with Crippen LogP contribution in [0.3, 0.4) is 0 Å². The van der Waals surface area contributed by atoms with E-state index in [-0.39, 0.29) is 5.91 Å². The highest BCUT2D eigenvalue weighted by Gasteiger charge is 2.07. The van der Waals surface area contributed by atoms with Gasteiger partial charge in [-0.25, -0.2) is 0 Å². The maximum Gasteiger partial charge on any atom is 0.255 e. The predicted octanol–water partition coefficient (Wildman–Crippen LogP) is 4.39. The Bertz CT molecular complexity index is 931. The van der Waals surface area contributed by atoms with E-state index in [1.54, 1.807) is 48.5 Å². The molecule has 0 unspecified atom stereocenters. The maximum atomic E-state index is 12.3. The number of rotatable bonds is 6. The number of nitrogens with one attached hydrogen (secondary N) is 1. The Morgan fingerprint density at radius 2 is 1.33 bits per heavy atom. The zero-order valence-electron chi connectivity index (χ0n) is 14.9. The van der Waals surface area contributed by atoms with Crippen LogP contribution >= 0.6 is 0 Å². The lowest BCUT2D eigenvalue weighted by molar-refractivity contribution is 0.0997. The number of carbonyl (C=O) groups excluding carboxylic acids is 2. The third-order valence-corrected chi connectivity index (χ3v) is 4.11. The van der Waals surface area contributed by atoms with Gasteiger partial charge in [0, 0.05) is 16.8 Å². The number of primary amides is 1. The molecule has 0 heterocycles. The summed E-state index contributed by atoms with van der Waals surface area (Å²) < 4.78 is 5.71. The van der Waals surface area contributed by atoms with Crippen molar-refractivity contribution >= 4 is 17.5 Å². The number of hydrogen-bond acceptors (Lipinski definition) is 3. The standard InChI is InChI=1S/C22H20N2O3/c1-2-15-3-9-18(10-4-15)24-22(26)17-7-13-20(14-8-17)27-19-11-5-16(6-12-19)21(23)25/h3-14H,2H2,1H3,(H2,23,25)(H,24,26). The fraction of sp³-hybridized carbons (Fsp3) is 0.0909. The van der Waals surface area contributed by atoms with Gasteiger partial charge in [-0.3, -0.25) is 9.59 Å². The van der Waals surface area contributed by atoms with E-state index in [1.165, 1.54) is 5.56 Å². The molecule has 0 aliphatic heterocycles. The summed E-state index contributed by atoms with van der Waals surface area (Å²) in [6.45, 7) is 2.09. The van der Waals surface area contributed by atoms with Crippen LogP contribution in [0.4, 0.5) is 5.69 Å². The van der Waals surface area contributed by atoms with Crippen molar-refractivity contribution in [2.75, 3.05) is 5.32 Å². The van der Waals surface area contributed by atoms with E-state index < -0.39 is 5.91 Å². The zero-order chi connectivity index (χ0) is 19.2. The SMILES string of the molecule is CCc1ccc(NC(=O)c2ccc(Oc3ccc(C(N)=O)cc3)cc2)cc1. The van der Waals surface area contributed by atoms with Crippen molar-refractivity contribution in [2.24, 2.45) is 5.73 Å². The molecule has 5 heteroatoms. The highest BCUT2D eigenvalue weighted by Crippen LogP contribution is 2.22. The van der Waals surface area contributed by atoms with Gasteiger partial charge in [-0.2, -0.15) is 0 Å². The molecule has 3 N–H and O–H groups in total. The Kier molecular flexibility index (Phi) is 5.52. The van der Waals surface area contributed by atoms with Crippen LogP contribution in [0.2, 0.25) is 0 Å². The molecule has 3 rings (SSSR count). The molecule has 0 fully saturated rings. The monoisotopic (exact) mass is 360 g/mol. The summed E-state index contributed by atoms with van der Waals surface area (Å²) in [4.78, 5) is 23.4. The van der Waals surface area contributed by atoms with Gasteiger partial charge in [0.15, 0.2) is 0 Å². The van der Waals surface area contributed by atoms with Gasteiger partial charge in [0.25, 0.3) is 5.91 Å². The molecule has 0 saturated heterocycles. The van der Waals surface area contributed by atoms with Gasteiger partial charge in [-0.1, -0.05) is 19.1 Å². The molecule has 136 valence electrons. The highest BCUT2D eigenvalue weighted by molar-refractivity contribution is 6.04. The Morgan fingerprint density at radius 1 is 0.815 bits per heavy atom. The van der Waals surface area contributed by atoms with Gasteiger partial charge < -0.3 is 15.8 Å². The van der Waals surface area contributed by atoms with E-state index in [2.05, 4.69) is 12.2 Å². The smallest absolute Gasteiger partial charge is 0.255 e. The van der Waals surface area contributed by atoms with E-state index in [0.29, 0.717) is 22.6 Å². The van der Waals surface area contributed by atoms with Crippen molar-refractivity contribution in [3.8, 4) is 11.5 Å². The fourth-order valence-corrected chi connectivity index (χ4v) is 2.52. The molecule has 3 aromatic rings. The van der Waals surface area contributed by atoms with Gasteiger partial charge in [-0.05, 0) is 72.6 Å². The second-order valence-corrected chi connectivity index (χ2v) is 6.02. The summed E-state index contributed by atoms with van der Waals surface area (Å²) >= 11 is 0. The Labute approximate surface area is 157 Å². The molecule has 0 bridgehead atoms. The lowest BCUT2D eigenvalue weighted by Gasteiger charge is -2.08. The summed E-state index contributed by atoms with van der Waals surface area (Å²) in [7, 11) is 0. The number of carbonyl (C=O) groups is 2. The Morgan fingerprint density at radius 3 is 1.81 bits per heavy atom. The third-order valence-electron chi connectivity index (χ3n) is 4.11. The van der Waals surface area contributed by atoms with Crippen LogP contribution in [0.5, 0.6) is 11.5 Å². The molecule has 0 saturated carbocycles. The average Bonchev–Trinajstić information content (AvgIpc) is 2.69. The van der Waals surface area contributed by atoms with E-state index >= 15 is 0 Å². The Hall–Kier alpha value is -3.60. The van der Waals surface area contributed by atoms with Crippen LogP contribution in [-0.4, -0.2) is 11.8 Å². The summed E-state index contributed by atoms with van der Waals surface area (Å²) in [5.41, 5.74) is 8.14. The first-order valence-electron chi connectivity index (χ1n) is 8.63. The third kappa shape index (κ3) is 4.73. The van der Waals surface area contributed by atoms with Crippen LogP contribution < -0.4 is 15.8 Å². The van der Waals surface area contributed by atoms with Crippen LogP contribution in [0.25, 0.3) is 0 Å². The van der Waals surface area contributed by atoms with Gasteiger partial charge >= 0.3 is 0 Å². The fourth-order valence-electron chi connectivity index (χ4n) is 2.52. The van der Waals surface area contributed by atoms with E-state index in [9.17, 15) is 9.59 Å². The van der Waals surface area contributed by atoms with E-state index in [1.807, 2.05) is 24.3 Å². The summed E-state index contributed by atoms with van der Waals surface area (Å²) in [5, 5.41) is 2.87. The first kappa shape index (κ1) is 18.2. The van der Waals surface area contributed by atoms with Crippen LogP contribution in [0.1, 0.15) is 33.2 Å². The van der Waals surface area contributed by atoms with Crippen LogP contribution in [-0.2, 0) is 6.42 Å². The van der Waals surface area contributed by atoms with Crippen molar-refractivity contribution in [1.29, 1.82) is 0 Å². The number of hydrogen-bond donors (Lipinski definition) is 2. The quantitative estimate of drug-likeness (QED) is 0.684. The van der Waals surface area contributed by atoms with Gasteiger partial charge in [0.2, 0.25) is 5.91 Å². The number of anilines is 1. The van der Waals surface area contributed by atoms with Crippen molar-refractivity contribution in [2.45, 2.75) is 13.3 Å². The lowest BCUT2D eigenvalue weighted by Crippen LogP contribution is -2.11. The van der Waals surface area contributed by atoms with Gasteiger partial charge in [0.1, 0.15) is 11.5 Å². The molecule has 0 aromatic heterocycles. The summed E-state index contributed by atoms with van der Waals surface area (Å²) in [5.74, 6) is 0.497. The van der Waals surface area contributed by atoms with Gasteiger partial charge in [0.05, 0.1) is 0 Å². The van der Waals surface area contributed by atoms with E-state index in [0.717, 1.165) is 12.1 Å². The number of nitrogens with two attached hydrogens (primary N) is 1. The number of amides is 2. The second-order valence-electron chi connectivity index (χ2n) is 6.02. The lowest BCUT2D eigenvalue weighted by atomic mass is 10.1. The van der Waals surface area contributed by atoms with Crippen LogP contribution in [0, 0.1) is 0 Å². The van der Waals surface area contributed by atoms with Crippen molar-refractivity contribution < 1.29 is 14.3 Å². The molecule has 27 heavy (non-hydrogen) atoms. The molecular formula is C22H20N2O3. The minimum Gasteiger partial charge on any atom is -0.457 e. The first-order chi connectivity index (χ1) is 13.0. The zero-order valence-corrected chi connectivity index (χ0v) is 14.9. The topological polar surface area (TPSA) is 81.4 Å². The van der Waals surface area contributed by atoms with Crippen molar-refractivity contribution in [3.05, 3.63) is 89.5 Å². The molecule has 0 radical (unpaired) electrons. The predicted molar refractivity (Wildman–Crippen MR) is 105 cm³/mol. The average molecular weight is 360 g/mol. The maximum absolute atomic E-state index is 12.3. The summed E-state index contributed by atoms with van der Waals surface area (Å²) in [6, 6.07) is 21.1. The summed E-state index contributed by atoms with van der Waals surface area (Å²) in [6.07, 6.45) is 0.959. The van der Waals surface area contributed by atoms with Crippen LogP contribution in [0.15, 0.2) is 72.8 Å². The Balaban J connectivity index is 1.63. The first-order valence-corrected chi connectivity index (χ1v) is 8.63. The molecule has 0 aliphatic rings. The van der Waals surface area contributed by atoms with E-state index in [4.69, 9.17) is 10.5 Å². The minimum atomic E-state index is -0.485. The molecule has 2 amide bonds. The molecule has 0 spiro atoms.